The van der Waals surface area contributed by atoms with Crippen molar-refractivity contribution in [2.45, 2.75) is 12.5 Å². The summed E-state index contributed by atoms with van der Waals surface area (Å²) in [7, 11) is 0. The molecule has 1 unspecified atom stereocenters. The molecule has 1 amide bonds. The SMILES string of the molecule is O=C(c1cccc2ccccc12)N1CCNC(c2ccccc2)CC1. The fourth-order valence-corrected chi connectivity index (χ4v) is 3.63. The Labute approximate surface area is 148 Å². The lowest BCUT2D eigenvalue weighted by molar-refractivity contribution is 0.0767. The van der Waals surface area contributed by atoms with Crippen LogP contribution in [0.15, 0.2) is 72.8 Å². The van der Waals surface area contributed by atoms with Crippen molar-refractivity contribution in [2.75, 3.05) is 19.6 Å². The van der Waals surface area contributed by atoms with Gasteiger partial charge in [-0.05, 0) is 28.8 Å². The number of benzene rings is 3. The van der Waals surface area contributed by atoms with Crippen molar-refractivity contribution in [3.63, 3.8) is 0 Å². The number of carbonyl (C=O) groups is 1. The highest BCUT2D eigenvalue weighted by Crippen LogP contribution is 2.23. The molecule has 3 aromatic rings. The Hall–Kier alpha value is -2.65. The molecule has 4 rings (SSSR count). The maximum atomic E-state index is 13.1. The molecule has 1 heterocycles. The van der Waals surface area contributed by atoms with Crippen LogP contribution < -0.4 is 5.32 Å². The molecule has 1 saturated heterocycles. The summed E-state index contributed by atoms with van der Waals surface area (Å²) in [6.45, 7) is 2.33. The lowest BCUT2D eigenvalue weighted by atomic mass is 10.0. The molecule has 1 atom stereocenters. The summed E-state index contributed by atoms with van der Waals surface area (Å²) in [5.74, 6) is 0.132. The van der Waals surface area contributed by atoms with Crippen molar-refractivity contribution in [3.05, 3.63) is 83.9 Å². The van der Waals surface area contributed by atoms with Crippen LogP contribution in [-0.4, -0.2) is 30.4 Å². The number of amides is 1. The molecular formula is C22H22N2O. The second-order valence-electron chi connectivity index (χ2n) is 6.52. The molecule has 1 aliphatic rings. The summed E-state index contributed by atoms with van der Waals surface area (Å²) in [5, 5.41) is 5.73. The van der Waals surface area contributed by atoms with Crippen molar-refractivity contribution in [3.8, 4) is 0 Å². The zero-order chi connectivity index (χ0) is 17.1. The first kappa shape index (κ1) is 15.9. The number of fused-ring (bicyclic) bond motifs is 1. The zero-order valence-corrected chi connectivity index (χ0v) is 14.2. The predicted octanol–water partition coefficient (Wildman–Crippen LogP) is 4.02. The average Bonchev–Trinajstić information content (AvgIpc) is 2.94. The van der Waals surface area contributed by atoms with E-state index in [1.807, 2.05) is 41.3 Å². The number of nitrogens with zero attached hydrogens (tertiary/aromatic N) is 1. The molecule has 126 valence electrons. The molecule has 3 aromatic carbocycles. The fourth-order valence-electron chi connectivity index (χ4n) is 3.63. The molecule has 0 aliphatic carbocycles. The van der Waals surface area contributed by atoms with Crippen LogP contribution in [-0.2, 0) is 0 Å². The van der Waals surface area contributed by atoms with Gasteiger partial charge in [-0.2, -0.15) is 0 Å². The number of carbonyl (C=O) groups excluding carboxylic acids is 1. The van der Waals surface area contributed by atoms with Crippen molar-refractivity contribution >= 4 is 16.7 Å². The van der Waals surface area contributed by atoms with Gasteiger partial charge in [-0.15, -0.1) is 0 Å². The van der Waals surface area contributed by atoms with Gasteiger partial charge in [0.15, 0.2) is 0 Å². The van der Waals surface area contributed by atoms with E-state index in [0.717, 1.165) is 42.4 Å². The molecule has 3 nitrogen and oxygen atoms in total. The van der Waals surface area contributed by atoms with E-state index in [1.54, 1.807) is 0 Å². The van der Waals surface area contributed by atoms with Crippen LogP contribution in [0.2, 0.25) is 0 Å². The minimum atomic E-state index is 0.132. The van der Waals surface area contributed by atoms with Gasteiger partial charge in [-0.1, -0.05) is 66.7 Å². The first-order valence-electron chi connectivity index (χ1n) is 8.88. The van der Waals surface area contributed by atoms with E-state index in [0.29, 0.717) is 6.04 Å². The highest BCUT2D eigenvalue weighted by Gasteiger charge is 2.22. The number of nitrogens with one attached hydrogen (secondary N) is 1. The van der Waals surface area contributed by atoms with Crippen LogP contribution in [0, 0.1) is 0 Å². The standard InChI is InChI=1S/C22H22N2O/c25-22(20-12-6-10-17-7-4-5-11-19(17)20)24-15-13-21(23-14-16-24)18-8-2-1-3-9-18/h1-12,21,23H,13-16H2. The molecule has 1 aliphatic heterocycles. The third-order valence-electron chi connectivity index (χ3n) is 4.97. The van der Waals surface area contributed by atoms with Gasteiger partial charge in [-0.3, -0.25) is 4.79 Å². The van der Waals surface area contributed by atoms with Crippen LogP contribution >= 0.6 is 0 Å². The lowest BCUT2D eigenvalue weighted by Gasteiger charge is -2.21. The molecule has 1 N–H and O–H groups in total. The Morgan fingerprint density at radius 3 is 2.52 bits per heavy atom. The highest BCUT2D eigenvalue weighted by molar-refractivity contribution is 6.07. The van der Waals surface area contributed by atoms with E-state index >= 15 is 0 Å². The van der Waals surface area contributed by atoms with Gasteiger partial charge >= 0.3 is 0 Å². The molecular weight excluding hydrogens is 308 g/mol. The van der Waals surface area contributed by atoms with E-state index in [-0.39, 0.29) is 5.91 Å². The summed E-state index contributed by atoms with van der Waals surface area (Å²) < 4.78 is 0. The smallest absolute Gasteiger partial charge is 0.254 e. The Bertz CT molecular complexity index is 870. The summed E-state index contributed by atoms with van der Waals surface area (Å²) in [4.78, 5) is 15.1. The van der Waals surface area contributed by atoms with Crippen LogP contribution in [0.1, 0.15) is 28.4 Å². The van der Waals surface area contributed by atoms with E-state index in [1.165, 1.54) is 5.56 Å². The van der Waals surface area contributed by atoms with Gasteiger partial charge in [0, 0.05) is 31.2 Å². The van der Waals surface area contributed by atoms with Crippen molar-refractivity contribution in [1.29, 1.82) is 0 Å². The predicted molar refractivity (Wildman–Crippen MR) is 102 cm³/mol. The third-order valence-corrected chi connectivity index (χ3v) is 4.97. The summed E-state index contributed by atoms with van der Waals surface area (Å²) in [6, 6.07) is 24.9. The first-order chi connectivity index (χ1) is 12.3. The van der Waals surface area contributed by atoms with Crippen molar-refractivity contribution in [2.24, 2.45) is 0 Å². The molecule has 0 spiro atoms. The number of hydrogen-bond donors (Lipinski definition) is 1. The van der Waals surface area contributed by atoms with E-state index in [9.17, 15) is 4.79 Å². The quantitative estimate of drug-likeness (QED) is 0.770. The molecule has 0 radical (unpaired) electrons. The second-order valence-corrected chi connectivity index (χ2v) is 6.52. The van der Waals surface area contributed by atoms with Gasteiger partial charge in [0.2, 0.25) is 0 Å². The summed E-state index contributed by atoms with van der Waals surface area (Å²) in [5.41, 5.74) is 2.10. The topological polar surface area (TPSA) is 32.3 Å². The molecule has 0 bridgehead atoms. The Morgan fingerprint density at radius 1 is 0.880 bits per heavy atom. The van der Waals surface area contributed by atoms with Gasteiger partial charge in [-0.25, -0.2) is 0 Å². The lowest BCUT2D eigenvalue weighted by Crippen LogP contribution is -2.34. The van der Waals surface area contributed by atoms with E-state index < -0.39 is 0 Å². The van der Waals surface area contributed by atoms with Gasteiger partial charge in [0.1, 0.15) is 0 Å². The molecule has 1 fully saturated rings. The van der Waals surface area contributed by atoms with Gasteiger partial charge in [0.05, 0.1) is 0 Å². The van der Waals surface area contributed by atoms with Crippen molar-refractivity contribution in [1.82, 2.24) is 10.2 Å². The third kappa shape index (κ3) is 3.28. The monoisotopic (exact) mass is 330 g/mol. The van der Waals surface area contributed by atoms with Crippen LogP contribution in [0.25, 0.3) is 10.8 Å². The molecule has 25 heavy (non-hydrogen) atoms. The second kappa shape index (κ2) is 7.08. The number of hydrogen-bond acceptors (Lipinski definition) is 2. The average molecular weight is 330 g/mol. The van der Waals surface area contributed by atoms with Crippen molar-refractivity contribution < 1.29 is 4.79 Å². The number of rotatable bonds is 2. The largest absolute Gasteiger partial charge is 0.337 e. The van der Waals surface area contributed by atoms with E-state index in [2.05, 4.69) is 41.7 Å². The highest BCUT2D eigenvalue weighted by atomic mass is 16.2. The molecule has 0 aromatic heterocycles. The fraction of sp³-hybridized carbons (Fsp3) is 0.227. The Balaban J connectivity index is 1.55. The molecule has 0 saturated carbocycles. The van der Waals surface area contributed by atoms with Crippen LogP contribution in [0.4, 0.5) is 0 Å². The zero-order valence-electron chi connectivity index (χ0n) is 14.2. The van der Waals surface area contributed by atoms with Crippen LogP contribution in [0.3, 0.4) is 0 Å². The summed E-state index contributed by atoms with van der Waals surface area (Å²) in [6.07, 6.45) is 0.931. The van der Waals surface area contributed by atoms with Crippen LogP contribution in [0.5, 0.6) is 0 Å². The minimum absolute atomic E-state index is 0.132. The minimum Gasteiger partial charge on any atom is -0.337 e. The summed E-state index contributed by atoms with van der Waals surface area (Å²) >= 11 is 0. The molecule has 3 heteroatoms. The first-order valence-corrected chi connectivity index (χ1v) is 8.88. The van der Waals surface area contributed by atoms with Gasteiger partial charge < -0.3 is 10.2 Å². The maximum absolute atomic E-state index is 13.1. The van der Waals surface area contributed by atoms with Gasteiger partial charge in [0.25, 0.3) is 5.91 Å². The maximum Gasteiger partial charge on any atom is 0.254 e. The van der Waals surface area contributed by atoms with E-state index in [4.69, 9.17) is 0 Å². The Morgan fingerprint density at radius 2 is 1.64 bits per heavy atom. The Kier molecular flexibility index (Phi) is 4.49. The normalized spacial score (nSPS) is 18.1.